The van der Waals surface area contributed by atoms with E-state index in [1.165, 1.54) is 0 Å². The van der Waals surface area contributed by atoms with Crippen LogP contribution in [0.1, 0.15) is 18.7 Å². The zero-order valence-electron chi connectivity index (χ0n) is 20.6. The Kier molecular flexibility index (Phi) is 8.20. The monoisotopic (exact) mass is 479 g/mol. The molecular weight excluding hydrogens is 446 g/mol. The number of nitrogens with one attached hydrogen (secondary N) is 1. The Morgan fingerprint density at radius 1 is 1.11 bits per heavy atom. The van der Waals surface area contributed by atoms with Crippen LogP contribution in [-0.4, -0.2) is 68.4 Å². The predicted octanol–water partition coefficient (Wildman–Crippen LogP) is 3.22. The minimum Gasteiger partial charge on any atom is -0.493 e. The van der Waals surface area contributed by atoms with Gasteiger partial charge in [-0.2, -0.15) is 4.98 Å². The number of hydrogen-bond acceptors (Lipinski definition) is 8. The summed E-state index contributed by atoms with van der Waals surface area (Å²) >= 11 is 0. The molecule has 2 aromatic carbocycles. The van der Waals surface area contributed by atoms with Gasteiger partial charge < -0.3 is 24.2 Å². The van der Waals surface area contributed by atoms with Gasteiger partial charge in [0.25, 0.3) is 0 Å². The number of aromatic nitrogens is 2. The number of anilines is 1. The zero-order chi connectivity index (χ0) is 24.6. The highest BCUT2D eigenvalue weighted by Gasteiger charge is 2.26. The number of nitrogens with zero attached hydrogens (tertiary/aromatic N) is 4. The fourth-order valence-electron chi connectivity index (χ4n) is 4.26. The maximum absolute atomic E-state index is 12.6. The summed E-state index contributed by atoms with van der Waals surface area (Å²) in [7, 11) is 5.23. The second kappa shape index (κ2) is 11.7. The number of likely N-dealkylation sites (tertiary alicyclic amines) is 1. The molecule has 186 valence electrons. The van der Waals surface area contributed by atoms with E-state index >= 15 is 0 Å². The van der Waals surface area contributed by atoms with Crippen molar-refractivity contribution >= 4 is 11.6 Å². The average molecular weight is 480 g/mol. The Morgan fingerprint density at radius 2 is 1.86 bits per heavy atom. The highest BCUT2D eigenvalue weighted by atomic mass is 16.5. The fraction of sp³-hybridized carbons (Fsp3) is 0.423. The number of amides is 1. The molecule has 1 amide bonds. The summed E-state index contributed by atoms with van der Waals surface area (Å²) in [5.41, 5.74) is 1.94. The standard InChI is InChI=1S/C26H33N5O4/c1-30(21-7-5-4-6-8-21)16-13-27-26(32)19-11-14-31(15-12-19)18-24-28-25(29-35-24)20-9-10-22(33-2)23(17-20)34-3/h4-10,17,19H,11-16,18H2,1-3H3,(H,27,32). The molecule has 1 aromatic heterocycles. The number of carbonyl (C=O) groups excluding carboxylic acids is 1. The van der Waals surface area contributed by atoms with E-state index in [1.54, 1.807) is 14.2 Å². The van der Waals surface area contributed by atoms with Gasteiger partial charge in [-0.25, -0.2) is 0 Å². The van der Waals surface area contributed by atoms with Gasteiger partial charge in [-0.3, -0.25) is 9.69 Å². The third-order valence-electron chi connectivity index (χ3n) is 6.37. The van der Waals surface area contributed by atoms with Crippen LogP contribution in [0, 0.1) is 5.92 Å². The molecule has 0 unspecified atom stereocenters. The summed E-state index contributed by atoms with van der Waals surface area (Å²) < 4.78 is 16.1. The van der Waals surface area contributed by atoms with E-state index in [-0.39, 0.29) is 11.8 Å². The maximum Gasteiger partial charge on any atom is 0.241 e. The minimum absolute atomic E-state index is 0.0401. The number of rotatable bonds is 10. The first-order chi connectivity index (χ1) is 17.1. The number of benzene rings is 2. The van der Waals surface area contributed by atoms with Crippen molar-refractivity contribution in [3.8, 4) is 22.9 Å². The molecule has 0 aliphatic carbocycles. The van der Waals surface area contributed by atoms with Crippen LogP contribution in [0.3, 0.4) is 0 Å². The molecule has 0 radical (unpaired) electrons. The molecule has 0 saturated carbocycles. The minimum atomic E-state index is 0.0401. The first-order valence-corrected chi connectivity index (χ1v) is 11.9. The van der Waals surface area contributed by atoms with Crippen LogP contribution >= 0.6 is 0 Å². The summed E-state index contributed by atoms with van der Waals surface area (Å²) in [4.78, 5) is 21.6. The van der Waals surface area contributed by atoms with Crippen molar-refractivity contribution in [3.05, 3.63) is 54.4 Å². The van der Waals surface area contributed by atoms with Gasteiger partial charge in [0.15, 0.2) is 11.5 Å². The van der Waals surface area contributed by atoms with E-state index in [2.05, 4.69) is 37.4 Å². The highest BCUT2D eigenvalue weighted by Crippen LogP contribution is 2.31. The first kappa shape index (κ1) is 24.5. The lowest BCUT2D eigenvalue weighted by Gasteiger charge is -2.30. The first-order valence-electron chi connectivity index (χ1n) is 11.9. The van der Waals surface area contributed by atoms with E-state index in [1.807, 2.05) is 43.4 Å². The lowest BCUT2D eigenvalue weighted by molar-refractivity contribution is -0.126. The van der Waals surface area contributed by atoms with Crippen molar-refractivity contribution in [1.29, 1.82) is 0 Å². The third-order valence-corrected chi connectivity index (χ3v) is 6.37. The van der Waals surface area contributed by atoms with Crippen molar-refractivity contribution < 1.29 is 18.8 Å². The molecule has 35 heavy (non-hydrogen) atoms. The van der Waals surface area contributed by atoms with Gasteiger partial charge in [-0.15, -0.1) is 0 Å². The molecule has 1 aliphatic heterocycles. The Balaban J connectivity index is 1.22. The fourth-order valence-corrected chi connectivity index (χ4v) is 4.26. The van der Waals surface area contributed by atoms with Crippen LogP contribution in [0.4, 0.5) is 5.69 Å². The van der Waals surface area contributed by atoms with Crippen LogP contribution in [0.25, 0.3) is 11.4 Å². The van der Waals surface area contributed by atoms with Gasteiger partial charge in [0, 0.05) is 37.3 Å². The predicted molar refractivity (Wildman–Crippen MR) is 134 cm³/mol. The molecule has 0 spiro atoms. The second-order valence-electron chi connectivity index (χ2n) is 8.68. The van der Waals surface area contributed by atoms with Crippen LogP contribution in [0.2, 0.25) is 0 Å². The zero-order valence-corrected chi connectivity index (χ0v) is 20.6. The topological polar surface area (TPSA) is 93.0 Å². The number of likely N-dealkylation sites (N-methyl/N-ethyl adjacent to an activating group) is 1. The molecule has 0 bridgehead atoms. The van der Waals surface area contributed by atoms with E-state index in [9.17, 15) is 4.79 Å². The smallest absolute Gasteiger partial charge is 0.241 e. The van der Waals surface area contributed by atoms with E-state index in [0.29, 0.717) is 36.3 Å². The Hall–Kier alpha value is -3.59. The van der Waals surface area contributed by atoms with Gasteiger partial charge in [0.05, 0.1) is 20.8 Å². The van der Waals surface area contributed by atoms with Gasteiger partial charge in [0.1, 0.15) is 0 Å². The number of hydrogen-bond donors (Lipinski definition) is 1. The molecule has 1 fully saturated rings. The van der Waals surface area contributed by atoms with Crippen LogP contribution < -0.4 is 19.7 Å². The molecule has 4 rings (SSSR count). The van der Waals surface area contributed by atoms with Crippen molar-refractivity contribution in [2.24, 2.45) is 5.92 Å². The largest absolute Gasteiger partial charge is 0.493 e. The molecule has 1 aliphatic rings. The quantitative estimate of drug-likeness (QED) is 0.474. The summed E-state index contributed by atoms with van der Waals surface area (Å²) in [5.74, 6) is 2.51. The summed E-state index contributed by atoms with van der Waals surface area (Å²) in [6.07, 6.45) is 1.63. The lowest BCUT2D eigenvalue weighted by Crippen LogP contribution is -2.42. The molecular formula is C26H33N5O4. The SMILES string of the molecule is COc1ccc(-c2noc(CN3CCC(C(=O)NCCN(C)c4ccccc4)CC3)n2)cc1OC. The molecule has 0 atom stereocenters. The molecule has 3 aromatic rings. The summed E-state index contributed by atoms with van der Waals surface area (Å²) in [5, 5.41) is 7.22. The van der Waals surface area contributed by atoms with Crippen molar-refractivity contribution in [2.45, 2.75) is 19.4 Å². The normalized spacial score (nSPS) is 14.5. The van der Waals surface area contributed by atoms with Crippen molar-refractivity contribution in [2.75, 3.05) is 52.3 Å². The van der Waals surface area contributed by atoms with E-state index in [4.69, 9.17) is 14.0 Å². The summed E-state index contributed by atoms with van der Waals surface area (Å²) in [6.45, 7) is 3.60. The van der Waals surface area contributed by atoms with Crippen molar-refractivity contribution in [1.82, 2.24) is 20.4 Å². The Morgan fingerprint density at radius 3 is 2.57 bits per heavy atom. The number of para-hydroxylation sites is 1. The molecule has 2 heterocycles. The second-order valence-corrected chi connectivity index (χ2v) is 8.68. The van der Waals surface area contributed by atoms with Gasteiger partial charge in [-0.1, -0.05) is 23.4 Å². The summed E-state index contributed by atoms with van der Waals surface area (Å²) in [6, 6.07) is 15.7. The molecule has 1 saturated heterocycles. The van der Waals surface area contributed by atoms with Crippen molar-refractivity contribution in [3.63, 3.8) is 0 Å². The maximum atomic E-state index is 12.6. The van der Waals surface area contributed by atoms with Crippen LogP contribution in [0.5, 0.6) is 11.5 Å². The Labute approximate surface area is 206 Å². The average Bonchev–Trinajstić information content (AvgIpc) is 3.37. The Bertz CT molecular complexity index is 1100. The lowest BCUT2D eigenvalue weighted by atomic mass is 9.96. The van der Waals surface area contributed by atoms with Crippen LogP contribution in [-0.2, 0) is 11.3 Å². The molecule has 9 heteroatoms. The van der Waals surface area contributed by atoms with Gasteiger partial charge in [-0.05, 0) is 56.3 Å². The third kappa shape index (κ3) is 6.30. The number of carbonyl (C=O) groups is 1. The molecule has 1 N–H and O–H groups in total. The van der Waals surface area contributed by atoms with Gasteiger partial charge >= 0.3 is 0 Å². The number of methoxy groups -OCH3 is 2. The number of ether oxygens (including phenoxy) is 2. The van der Waals surface area contributed by atoms with Crippen LogP contribution in [0.15, 0.2) is 53.1 Å². The van der Waals surface area contributed by atoms with E-state index in [0.717, 1.165) is 43.7 Å². The molecule has 9 nitrogen and oxygen atoms in total. The highest BCUT2D eigenvalue weighted by molar-refractivity contribution is 5.78. The van der Waals surface area contributed by atoms with E-state index < -0.39 is 0 Å². The number of piperidine rings is 1. The van der Waals surface area contributed by atoms with Gasteiger partial charge in [0.2, 0.25) is 17.6 Å².